The summed E-state index contributed by atoms with van der Waals surface area (Å²) in [5, 5.41) is 1.08. The van der Waals surface area contributed by atoms with Crippen molar-refractivity contribution in [3.63, 3.8) is 0 Å². The summed E-state index contributed by atoms with van der Waals surface area (Å²) in [6.45, 7) is 0.838. The first-order valence-electron chi connectivity index (χ1n) is 10.1. The van der Waals surface area contributed by atoms with Crippen LogP contribution in [0.5, 0.6) is 0 Å². The number of benzene rings is 2. The molecule has 28 heavy (non-hydrogen) atoms. The molecule has 0 spiro atoms. The van der Waals surface area contributed by atoms with Crippen molar-refractivity contribution >= 4 is 29.1 Å². The van der Waals surface area contributed by atoms with E-state index in [4.69, 9.17) is 23.2 Å². The van der Waals surface area contributed by atoms with Gasteiger partial charge in [-0.25, -0.2) is 4.39 Å². The zero-order chi connectivity index (χ0) is 19.7. The SMILES string of the molecule is O=C1C(Cc2c(Cl)cc(-c3cccc(F)c3)cc2Cl)CCN1C1CCCCC1. The van der Waals surface area contributed by atoms with E-state index in [1.54, 1.807) is 6.07 Å². The second kappa shape index (κ2) is 8.42. The number of rotatable bonds is 4. The van der Waals surface area contributed by atoms with Gasteiger partial charge in [-0.1, -0.05) is 54.6 Å². The third kappa shape index (κ3) is 4.06. The maximum absolute atomic E-state index is 13.5. The number of carbonyl (C=O) groups is 1. The molecule has 1 amide bonds. The van der Waals surface area contributed by atoms with E-state index in [0.717, 1.165) is 42.5 Å². The van der Waals surface area contributed by atoms with Crippen molar-refractivity contribution in [2.75, 3.05) is 6.54 Å². The summed E-state index contributed by atoms with van der Waals surface area (Å²) < 4.78 is 13.5. The maximum Gasteiger partial charge on any atom is 0.226 e. The molecule has 0 N–H and O–H groups in total. The van der Waals surface area contributed by atoms with Crippen LogP contribution in [0.25, 0.3) is 11.1 Å². The summed E-state index contributed by atoms with van der Waals surface area (Å²) in [6.07, 6.45) is 7.39. The highest BCUT2D eigenvalue weighted by molar-refractivity contribution is 6.36. The van der Waals surface area contributed by atoms with Crippen molar-refractivity contribution < 1.29 is 9.18 Å². The van der Waals surface area contributed by atoms with Gasteiger partial charge in [-0.05, 0) is 66.6 Å². The van der Waals surface area contributed by atoms with E-state index in [1.165, 1.54) is 31.4 Å². The molecule has 2 aromatic rings. The summed E-state index contributed by atoms with van der Waals surface area (Å²) in [5.74, 6) is -0.113. The smallest absolute Gasteiger partial charge is 0.226 e. The average molecular weight is 420 g/mol. The fraction of sp³-hybridized carbons (Fsp3) is 0.435. The van der Waals surface area contributed by atoms with Crippen molar-refractivity contribution in [3.8, 4) is 11.1 Å². The summed E-state index contributed by atoms with van der Waals surface area (Å²) in [7, 11) is 0. The Balaban J connectivity index is 1.51. The van der Waals surface area contributed by atoms with Crippen LogP contribution in [0, 0.1) is 11.7 Å². The van der Waals surface area contributed by atoms with Gasteiger partial charge in [0.1, 0.15) is 5.82 Å². The molecule has 2 fully saturated rings. The van der Waals surface area contributed by atoms with Gasteiger partial charge in [-0.3, -0.25) is 4.79 Å². The Hall–Kier alpha value is -1.58. The molecule has 2 nitrogen and oxygen atoms in total. The number of hydrogen-bond acceptors (Lipinski definition) is 1. The van der Waals surface area contributed by atoms with E-state index in [2.05, 4.69) is 4.90 Å². The van der Waals surface area contributed by atoms with Crippen LogP contribution in [-0.4, -0.2) is 23.4 Å². The van der Waals surface area contributed by atoms with Crippen LogP contribution in [0.3, 0.4) is 0 Å². The van der Waals surface area contributed by atoms with E-state index in [1.807, 2.05) is 18.2 Å². The standard InChI is InChI=1S/C23H24Cl2FNO/c24-21-13-17(15-5-4-6-18(26)11-15)14-22(25)20(21)12-16-9-10-27(23(16)28)19-7-2-1-3-8-19/h4-6,11,13-14,16,19H,1-3,7-10,12H2. The first-order chi connectivity index (χ1) is 13.5. The number of likely N-dealkylation sites (tertiary alicyclic amines) is 1. The zero-order valence-electron chi connectivity index (χ0n) is 15.8. The second-order valence-corrected chi connectivity index (χ2v) is 8.76. The number of carbonyl (C=O) groups excluding carboxylic acids is 1. The number of amides is 1. The fourth-order valence-corrected chi connectivity index (χ4v) is 5.23. The van der Waals surface area contributed by atoms with Crippen molar-refractivity contribution in [3.05, 3.63) is 57.8 Å². The van der Waals surface area contributed by atoms with Gasteiger partial charge in [0.25, 0.3) is 0 Å². The summed E-state index contributed by atoms with van der Waals surface area (Å²) in [6, 6.07) is 10.4. The van der Waals surface area contributed by atoms with Crippen LogP contribution < -0.4 is 0 Å². The van der Waals surface area contributed by atoms with Crippen LogP contribution in [-0.2, 0) is 11.2 Å². The third-order valence-corrected chi connectivity index (χ3v) is 6.79. The number of halogens is 3. The highest BCUT2D eigenvalue weighted by atomic mass is 35.5. The molecule has 1 unspecified atom stereocenters. The predicted molar refractivity (Wildman–Crippen MR) is 112 cm³/mol. The molecule has 148 valence electrons. The topological polar surface area (TPSA) is 20.3 Å². The molecular formula is C23H24Cl2FNO. The van der Waals surface area contributed by atoms with Crippen molar-refractivity contribution in [1.29, 1.82) is 0 Å². The Kier molecular flexibility index (Phi) is 5.93. The van der Waals surface area contributed by atoms with Gasteiger partial charge in [-0.15, -0.1) is 0 Å². The normalized spacial score (nSPS) is 20.8. The molecule has 4 rings (SSSR count). The minimum Gasteiger partial charge on any atom is -0.339 e. The minimum absolute atomic E-state index is 0.0584. The quantitative estimate of drug-likeness (QED) is 0.551. The first-order valence-corrected chi connectivity index (χ1v) is 10.8. The molecule has 1 aliphatic carbocycles. The third-order valence-electron chi connectivity index (χ3n) is 6.12. The molecule has 0 radical (unpaired) electrons. The van der Waals surface area contributed by atoms with Crippen LogP contribution in [0.1, 0.15) is 44.1 Å². The van der Waals surface area contributed by atoms with Gasteiger partial charge >= 0.3 is 0 Å². The maximum atomic E-state index is 13.5. The lowest BCUT2D eigenvalue weighted by atomic mass is 9.93. The lowest BCUT2D eigenvalue weighted by Crippen LogP contribution is -2.39. The monoisotopic (exact) mass is 419 g/mol. The molecule has 2 aliphatic rings. The summed E-state index contributed by atoms with van der Waals surface area (Å²) >= 11 is 13.1. The van der Waals surface area contributed by atoms with Gasteiger partial charge in [0.2, 0.25) is 5.91 Å². The Morgan fingerprint density at radius 3 is 2.36 bits per heavy atom. The van der Waals surface area contributed by atoms with E-state index < -0.39 is 0 Å². The van der Waals surface area contributed by atoms with E-state index in [9.17, 15) is 9.18 Å². The van der Waals surface area contributed by atoms with Crippen molar-refractivity contribution in [2.24, 2.45) is 5.92 Å². The Morgan fingerprint density at radius 1 is 0.964 bits per heavy atom. The van der Waals surface area contributed by atoms with E-state index >= 15 is 0 Å². The van der Waals surface area contributed by atoms with Gasteiger partial charge in [0.15, 0.2) is 0 Å². The Labute approximate surface area is 175 Å². The van der Waals surface area contributed by atoms with E-state index in [0.29, 0.717) is 22.5 Å². The number of hydrogen-bond donors (Lipinski definition) is 0. The zero-order valence-corrected chi connectivity index (χ0v) is 17.3. The lowest BCUT2D eigenvalue weighted by Gasteiger charge is -2.31. The molecule has 1 heterocycles. The van der Waals surface area contributed by atoms with Crippen molar-refractivity contribution in [2.45, 2.75) is 51.0 Å². The summed E-state index contributed by atoms with van der Waals surface area (Å²) in [5.41, 5.74) is 2.32. The fourth-order valence-electron chi connectivity index (χ4n) is 4.59. The second-order valence-electron chi connectivity index (χ2n) is 7.94. The molecule has 1 aliphatic heterocycles. The van der Waals surface area contributed by atoms with Crippen LogP contribution in [0.15, 0.2) is 36.4 Å². The van der Waals surface area contributed by atoms with E-state index in [-0.39, 0.29) is 17.6 Å². The number of nitrogens with zero attached hydrogens (tertiary/aromatic N) is 1. The van der Waals surface area contributed by atoms with Gasteiger partial charge in [0.05, 0.1) is 0 Å². The van der Waals surface area contributed by atoms with Gasteiger partial charge < -0.3 is 4.90 Å². The van der Waals surface area contributed by atoms with Crippen LogP contribution in [0.2, 0.25) is 10.0 Å². The molecule has 2 aromatic carbocycles. The first kappa shape index (κ1) is 19.7. The largest absolute Gasteiger partial charge is 0.339 e. The van der Waals surface area contributed by atoms with Gasteiger partial charge in [-0.2, -0.15) is 0 Å². The Bertz CT molecular complexity index is 856. The molecule has 1 saturated heterocycles. The van der Waals surface area contributed by atoms with Gasteiger partial charge in [0, 0.05) is 28.5 Å². The molecule has 1 atom stereocenters. The lowest BCUT2D eigenvalue weighted by molar-refractivity contribution is -0.133. The highest BCUT2D eigenvalue weighted by Gasteiger charge is 2.36. The van der Waals surface area contributed by atoms with Crippen LogP contribution >= 0.6 is 23.2 Å². The summed E-state index contributed by atoms with van der Waals surface area (Å²) in [4.78, 5) is 15.0. The molecular weight excluding hydrogens is 396 g/mol. The predicted octanol–water partition coefficient (Wildman–Crippen LogP) is 6.52. The molecule has 0 aromatic heterocycles. The molecule has 0 bridgehead atoms. The molecule has 1 saturated carbocycles. The highest BCUT2D eigenvalue weighted by Crippen LogP contribution is 2.36. The minimum atomic E-state index is -0.298. The molecule has 5 heteroatoms. The Morgan fingerprint density at radius 2 is 1.68 bits per heavy atom. The average Bonchev–Trinajstić information content (AvgIpc) is 3.05. The van der Waals surface area contributed by atoms with Crippen LogP contribution in [0.4, 0.5) is 4.39 Å². The van der Waals surface area contributed by atoms with Crippen molar-refractivity contribution in [1.82, 2.24) is 4.90 Å².